The van der Waals surface area contributed by atoms with Gasteiger partial charge in [0.15, 0.2) is 0 Å². The van der Waals surface area contributed by atoms with Crippen LogP contribution in [0.1, 0.15) is 21.5 Å². The quantitative estimate of drug-likeness (QED) is 0.676. The number of nitriles is 1. The number of amides is 2. The van der Waals surface area contributed by atoms with E-state index in [1.807, 2.05) is 11.0 Å². The topological polar surface area (TPSA) is 115 Å². The van der Waals surface area contributed by atoms with E-state index in [1.165, 1.54) is 12.1 Å². The lowest BCUT2D eigenvalue weighted by Crippen LogP contribution is -2.35. The predicted molar refractivity (Wildman–Crippen MR) is 110 cm³/mol. The van der Waals surface area contributed by atoms with Gasteiger partial charge in [0, 0.05) is 43.6 Å². The van der Waals surface area contributed by atoms with Gasteiger partial charge in [0.05, 0.1) is 17.1 Å². The molecule has 10 heteroatoms. The number of halogens is 1. The van der Waals surface area contributed by atoms with Crippen LogP contribution in [0.4, 0.5) is 9.18 Å². The van der Waals surface area contributed by atoms with E-state index in [9.17, 15) is 14.0 Å². The van der Waals surface area contributed by atoms with Gasteiger partial charge in [-0.2, -0.15) is 5.26 Å². The number of nitrogens with zero attached hydrogens (tertiary/aromatic N) is 5. The number of carbonyl (C=O) groups is 2. The maximum Gasteiger partial charge on any atom is 0.410 e. The molecule has 32 heavy (non-hydrogen) atoms. The molecule has 0 unspecified atom stereocenters. The summed E-state index contributed by atoms with van der Waals surface area (Å²) in [6.45, 7) is 2.04. The van der Waals surface area contributed by atoms with Crippen molar-refractivity contribution in [1.29, 1.82) is 5.26 Å². The molecule has 2 atom stereocenters. The van der Waals surface area contributed by atoms with Crippen LogP contribution in [0.25, 0.3) is 11.0 Å². The maximum absolute atomic E-state index is 13.5. The van der Waals surface area contributed by atoms with Crippen LogP contribution in [0, 0.1) is 29.0 Å². The summed E-state index contributed by atoms with van der Waals surface area (Å²) in [5.74, 6) is -0.237. The Morgan fingerprint density at radius 1 is 1.12 bits per heavy atom. The Hall–Kier alpha value is -4.00. The zero-order chi connectivity index (χ0) is 22.2. The third-order valence-corrected chi connectivity index (χ3v) is 6.05. The highest BCUT2D eigenvalue weighted by molar-refractivity contribution is 5.97. The molecular formula is C22H19FN6O3. The molecular weight excluding hydrogens is 415 g/mol. The molecule has 0 radical (unpaired) electrons. The normalized spacial score (nSPS) is 19.8. The Morgan fingerprint density at radius 3 is 2.62 bits per heavy atom. The van der Waals surface area contributed by atoms with Crippen LogP contribution in [-0.4, -0.2) is 63.4 Å². The van der Waals surface area contributed by atoms with Gasteiger partial charge in [0.25, 0.3) is 5.91 Å². The Balaban J connectivity index is 1.16. The third kappa shape index (κ3) is 3.73. The van der Waals surface area contributed by atoms with Crippen molar-refractivity contribution in [2.75, 3.05) is 26.2 Å². The van der Waals surface area contributed by atoms with Crippen molar-refractivity contribution in [1.82, 2.24) is 25.2 Å². The number of fused-ring (bicyclic) bond motifs is 2. The molecule has 2 amide bonds. The van der Waals surface area contributed by atoms with Crippen LogP contribution in [0.3, 0.4) is 0 Å². The van der Waals surface area contributed by atoms with E-state index in [2.05, 4.69) is 15.4 Å². The summed E-state index contributed by atoms with van der Waals surface area (Å²) in [5.41, 5.74) is 2.59. The number of likely N-dealkylation sites (tertiary alicyclic amines) is 2. The number of carbonyl (C=O) groups excluding carboxylic acids is 2. The average Bonchev–Trinajstić information content (AvgIpc) is 3.50. The molecule has 0 aliphatic carbocycles. The van der Waals surface area contributed by atoms with E-state index in [4.69, 9.17) is 10.00 Å². The van der Waals surface area contributed by atoms with E-state index in [-0.39, 0.29) is 29.9 Å². The number of aromatic nitrogens is 3. The molecule has 5 rings (SSSR count). The number of nitrogens with one attached hydrogen (secondary N) is 1. The minimum atomic E-state index is -0.543. The number of aromatic amines is 1. The highest BCUT2D eigenvalue weighted by Crippen LogP contribution is 2.32. The molecule has 3 aromatic rings. The van der Waals surface area contributed by atoms with Crippen LogP contribution in [0.2, 0.25) is 0 Å². The van der Waals surface area contributed by atoms with E-state index in [0.717, 1.165) is 11.6 Å². The highest BCUT2D eigenvalue weighted by atomic mass is 19.1. The molecule has 2 saturated heterocycles. The van der Waals surface area contributed by atoms with Gasteiger partial charge in [0.1, 0.15) is 17.9 Å². The lowest BCUT2D eigenvalue weighted by molar-refractivity contribution is 0.0764. The predicted octanol–water partition coefficient (Wildman–Crippen LogP) is 2.31. The van der Waals surface area contributed by atoms with Crippen molar-refractivity contribution in [2.45, 2.75) is 6.61 Å². The average molecular weight is 434 g/mol. The second-order valence-corrected chi connectivity index (χ2v) is 8.19. The first-order chi connectivity index (χ1) is 15.5. The second kappa shape index (κ2) is 7.92. The molecule has 0 spiro atoms. The Kier molecular flexibility index (Phi) is 4.93. The maximum atomic E-state index is 13.5. The van der Waals surface area contributed by atoms with Gasteiger partial charge in [-0.1, -0.05) is 5.21 Å². The minimum absolute atomic E-state index is 0.0576. The van der Waals surface area contributed by atoms with Gasteiger partial charge in [-0.15, -0.1) is 5.10 Å². The van der Waals surface area contributed by atoms with E-state index in [0.29, 0.717) is 42.8 Å². The van der Waals surface area contributed by atoms with Crippen LogP contribution in [-0.2, 0) is 11.3 Å². The van der Waals surface area contributed by atoms with E-state index < -0.39 is 11.9 Å². The molecule has 0 bridgehead atoms. The number of hydrogen-bond acceptors (Lipinski definition) is 6. The van der Waals surface area contributed by atoms with Crippen LogP contribution in [0.5, 0.6) is 0 Å². The summed E-state index contributed by atoms with van der Waals surface area (Å²) < 4.78 is 18.9. The Morgan fingerprint density at radius 2 is 1.88 bits per heavy atom. The molecule has 2 aromatic carbocycles. The summed E-state index contributed by atoms with van der Waals surface area (Å²) in [6, 6.07) is 11.0. The number of H-pyrrole nitrogens is 1. The van der Waals surface area contributed by atoms with E-state index in [1.54, 1.807) is 23.1 Å². The van der Waals surface area contributed by atoms with Crippen molar-refractivity contribution in [2.24, 2.45) is 11.8 Å². The molecule has 2 fully saturated rings. The van der Waals surface area contributed by atoms with Crippen LogP contribution >= 0.6 is 0 Å². The zero-order valence-corrected chi connectivity index (χ0v) is 17.0. The first-order valence-electron chi connectivity index (χ1n) is 10.2. The summed E-state index contributed by atoms with van der Waals surface area (Å²) in [6.07, 6.45) is -0.475. The summed E-state index contributed by atoms with van der Waals surface area (Å²) in [4.78, 5) is 28.8. The van der Waals surface area contributed by atoms with Gasteiger partial charge < -0.3 is 14.5 Å². The van der Waals surface area contributed by atoms with Crippen molar-refractivity contribution in [3.05, 3.63) is 58.9 Å². The number of hydrogen-bond donors (Lipinski definition) is 1. The fourth-order valence-electron chi connectivity index (χ4n) is 4.50. The van der Waals surface area contributed by atoms with Gasteiger partial charge in [-0.05, 0) is 42.0 Å². The van der Waals surface area contributed by atoms with E-state index >= 15 is 0 Å². The smallest absolute Gasteiger partial charge is 0.410 e. The Labute approximate surface area is 182 Å². The molecule has 162 valence electrons. The molecule has 1 N–H and O–H groups in total. The number of rotatable bonds is 3. The van der Waals surface area contributed by atoms with Crippen molar-refractivity contribution >= 4 is 23.0 Å². The molecule has 0 saturated carbocycles. The van der Waals surface area contributed by atoms with Gasteiger partial charge in [0.2, 0.25) is 0 Å². The SMILES string of the molecule is N#Cc1cc(F)cc(COC(=O)N2C[C@@H]3CN(C(=O)c4ccc5[nH]nnc5c4)C[C@H]3C2)c1. The second-order valence-electron chi connectivity index (χ2n) is 8.19. The fraction of sp³-hybridized carbons (Fsp3) is 0.318. The molecule has 9 nitrogen and oxygen atoms in total. The van der Waals surface area contributed by atoms with Gasteiger partial charge in [-0.3, -0.25) is 9.89 Å². The van der Waals surface area contributed by atoms with Gasteiger partial charge >= 0.3 is 6.09 Å². The standard InChI is InChI=1S/C22H19FN6O3/c23-18-4-13(7-24)3-14(5-18)12-32-22(31)29-10-16-8-28(9-17(16)11-29)21(30)15-1-2-19-20(6-15)26-27-25-19/h1-6,16-17H,8-12H2,(H,25,26,27)/t16-,17-/m0/s1. The zero-order valence-electron chi connectivity index (χ0n) is 17.0. The van der Waals surface area contributed by atoms with Gasteiger partial charge in [-0.25, -0.2) is 9.18 Å². The largest absolute Gasteiger partial charge is 0.445 e. The monoisotopic (exact) mass is 434 g/mol. The fourth-order valence-corrected chi connectivity index (χ4v) is 4.50. The minimum Gasteiger partial charge on any atom is -0.445 e. The lowest BCUT2D eigenvalue weighted by atomic mass is 10.0. The molecule has 3 heterocycles. The number of ether oxygens (including phenoxy) is 1. The highest BCUT2D eigenvalue weighted by Gasteiger charge is 2.43. The van der Waals surface area contributed by atoms with Crippen molar-refractivity contribution in [3.8, 4) is 6.07 Å². The first-order valence-corrected chi connectivity index (χ1v) is 10.2. The van der Waals surface area contributed by atoms with Crippen molar-refractivity contribution in [3.63, 3.8) is 0 Å². The summed E-state index contributed by atoms with van der Waals surface area (Å²) in [5, 5.41) is 19.4. The molecule has 1 aromatic heterocycles. The van der Waals surface area contributed by atoms with Crippen molar-refractivity contribution < 1.29 is 18.7 Å². The lowest BCUT2D eigenvalue weighted by Gasteiger charge is -2.21. The van der Waals surface area contributed by atoms with Crippen LogP contribution < -0.4 is 0 Å². The summed E-state index contributed by atoms with van der Waals surface area (Å²) in [7, 11) is 0. The Bertz CT molecular complexity index is 1240. The number of benzene rings is 2. The molecule has 2 aliphatic heterocycles. The third-order valence-electron chi connectivity index (χ3n) is 6.05. The first kappa shape index (κ1) is 19.9. The van der Waals surface area contributed by atoms with Crippen LogP contribution in [0.15, 0.2) is 36.4 Å². The summed E-state index contributed by atoms with van der Waals surface area (Å²) >= 11 is 0. The molecule has 2 aliphatic rings.